The molecule has 3 aromatic rings. The highest BCUT2D eigenvalue weighted by molar-refractivity contribution is 7.99. The van der Waals surface area contributed by atoms with Gasteiger partial charge in [0, 0.05) is 11.5 Å². The van der Waals surface area contributed by atoms with Crippen molar-refractivity contribution in [3.63, 3.8) is 0 Å². The van der Waals surface area contributed by atoms with Crippen LogP contribution in [0.1, 0.15) is 11.8 Å². The summed E-state index contributed by atoms with van der Waals surface area (Å²) in [6.45, 7) is 0.197. The lowest BCUT2D eigenvalue weighted by molar-refractivity contribution is -0.118. The predicted octanol–water partition coefficient (Wildman–Crippen LogP) is 2.10. The molecule has 2 aromatic heterocycles. The van der Waals surface area contributed by atoms with Gasteiger partial charge in [0.15, 0.2) is 28.4 Å². The Labute approximate surface area is 218 Å². The minimum atomic E-state index is -1.38. The number of benzene rings is 1. The minimum Gasteiger partial charge on any atom is -0.388 e. The molecule has 0 spiro atoms. The molecule has 1 amide bonds. The number of hydrogen-bond acceptors (Lipinski definition) is 10. The second-order valence-electron chi connectivity index (χ2n) is 7.79. The Morgan fingerprint density at radius 2 is 2.11 bits per heavy atom. The number of nitrogens with two attached hydrogens (primary N) is 1. The van der Waals surface area contributed by atoms with Gasteiger partial charge in [0.25, 0.3) is 0 Å². The van der Waals surface area contributed by atoms with E-state index in [0.29, 0.717) is 23.0 Å². The molecule has 0 radical (unpaired) electrons. The van der Waals surface area contributed by atoms with Gasteiger partial charge in [-0.15, -0.1) is 0 Å². The third kappa shape index (κ3) is 5.60. The number of carbonyl (C=O) groups is 1. The van der Waals surface area contributed by atoms with Crippen molar-refractivity contribution in [2.45, 2.75) is 36.1 Å². The lowest BCUT2D eigenvalue weighted by atomic mass is 10.1. The Balaban J connectivity index is 1.47. The molecular weight excluding hydrogens is 533 g/mol. The monoisotopic (exact) mass is 553 g/mol. The normalized spacial score (nSPS) is 21.4. The van der Waals surface area contributed by atoms with Crippen LogP contribution in [0.3, 0.4) is 0 Å². The molecule has 36 heavy (non-hydrogen) atoms. The van der Waals surface area contributed by atoms with E-state index in [0.717, 1.165) is 17.3 Å². The minimum absolute atomic E-state index is 0.00838. The van der Waals surface area contributed by atoms with Crippen LogP contribution in [0.25, 0.3) is 21.6 Å². The molecule has 1 aromatic carbocycles. The van der Waals surface area contributed by atoms with Gasteiger partial charge >= 0.3 is 0 Å². The summed E-state index contributed by atoms with van der Waals surface area (Å²) in [6, 6.07) is 5.28. The highest BCUT2D eigenvalue weighted by Gasteiger charge is 2.45. The van der Waals surface area contributed by atoms with E-state index in [1.807, 2.05) is 6.07 Å². The third-order valence-corrected chi connectivity index (χ3v) is 7.13. The fourth-order valence-electron chi connectivity index (χ4n) is 3.67. The molecule has 1 fully saturated rings. The SMILES string of the molecule is [N-]=[N+]=NC[C@H]1O[C@@H](n2c(SCC(=O)NCCc3ccc(Cl)c(Cl)c3)nc3c(N)ncnc32)[C@H](O)[C@@H]1O. The first-order chi connectivity index (χ1) is 17.3. The summed E-state index contributed by atoms with van der Waals surface area (Å²) in [4.78, 5) is 27.7. The highest BCUT2D eigenvalue weighted by atomic mass is 35.5. The van der Waals surface area contributed by atoms with Crippen molar-refractivity contribution in [3.05, 3.63) is 50.6 Å². The molecule has 16 heteroatoms. The molecule has 0 unspecified atom stereocenters. The number of azide groups is 1. The van der Waals surface area contributed by atoms with Crippen molar-refractivity contribution in [1.29, 1.82) is 0 Å². The Morgan fingerprint density at radius 1 is 1.31 bits per heavy atom. The van der Waals surface area contributed by atoms with Crippen LogP contribution >= 0.6 is 35.0 Å². The average molecular weight is 554 g/mol. The average Bonchev–Trinajstić information content (AvgIpc) is 3.36. The lowest BCUT2D eigenvalue weighted by Crippen LogP contribution is -2.33. The van der Waals surface area contributed by atoms with E-state index in [4.69, 9.17) is 39.2 Å². The van der Waals surface area contributed by atoms with E-state index < -0.39 is 24.5 Å². The van der Waals surface area contributed by atoms with E-state index in [1.54, 1.807) is 12.1 Å². The molecular formula is C20H21Cl2N9O4S. The van der Waals surface area contributed by atoms with Gasteiger partial charge in [-0.2, -0.15) is 0 Å². The van der Waals surface area contributed by atoms with Crippen molar-refractivity contribution >= 4 is 57.9 Å². The van der Waals surface area contributed by atoms with E-state index in [2.05, 4.69) is 30.3 Å². The number of aliphatic hydroxyl groups is 2. The Bertz CT molecular complexity index is 1320. The summed E-state index contributed by atoms with van der Waals surface area (Å²) in [5.74, 6) is -0.164. The van der Waals surface area contributed by atoms with Gasteiger partial charge in [-0.05, 0) is 29.6 Å². The van der Waals surface area contributed by atoms with Gasteiger partial charge in [0.1, 0.15) is 18.5 Å². The van der Waals surface area contributed by atoms with Crippen LogP contribution in [-0.4, -0.2) is 72.8 Å². The Kier molecular flexibility index (Phi) is 8.36. The number of halogens is 2. The van der Waals surface area contributed by atoms with Crippen molar-refractivity contribution in [1.82, 2.24) is 24.8 Å². The van der Waals surface area contributed by atoms with Crippen LogP contribution in [0.2, 0.25) is 10.0 Å². The zero-order valence-electron chi connectivity index (χ0n) is 18.5. The maximum atomic E-state index is 12.5. The molecule has 5 N–H and O–H groups in total. The van der Waals surface area contributed by atoms with Gasteiger partial charge in [-0.3, -0.25) is 9.36 Å². The van der Waals surface area contributed by atoms with Crippen LogP contribution in [-0.2, 0) is 16.0 Å². The van der Waals surface area contributed by atoms with Crippen LogP contribution in [0, 0.1) is 0 Å². The first-order valence-corrected chi connectivity index (χ1v) is 12.4. The summed E-state index contributed by atoms with van der Waals surface area (Å²) in [5.41, 5.74) is 16.0. The standard InChI is InChI=1S/C20H21Cl2N9O4S/c21-10-2-1-9(5-11(10)22)3-4-25-13(32)7-36-20-29-14-17(23)26-8-27-18(14)31(20)19-16(34)15(33)12(35-19)6-28-30-24/h1-2,5,8,12,15-16,19,33-34H,3-4,6-7H2,(H,25,32)(H2,23,26,27)/t12-,15-,16-,19-/m1/s1. The van der Waals surface area contributed by atoms with Gasteiger partial charge < -0.3 is 26.0 Å². The Hall–Kier alpha value is -2.84. The largest absolute Gasteiger partial charge is 0.388 e. The molecule has 0 aliphatic carbocycles. The molecule has 0 saturated carbocycles. The van der Waals surface area contributed by atoms with Crippen LogP contribution < -0.4 is 11.1 Å². The van der Waals surface area contributed by atoms with E-state index in [-0.39, 0.29) is 40.3 Å². The molecule has 4 rings (SSSR count). The summed E-state index contributed by atoms with van der Waals surface area (Å²) in [5, 5.41) is 28.4. The fourth-order valence-corrected chi connectivity index (χ4v) is 4.84. The van der Waals surface area contributed by atoms with E-state index in [1.165, 1.54) is 10.9 Å². The molecule has 1 aliphatic rings. The smallest absolute Gasteiger partial charge is 0.230 e. The molecule has 0 bridgehead atoms. The summed E-state index contributed by atoms with van der Waals surface area (Å²) < 4.78 is 7.23. The first-order valence-electron chi connectivity index (χ1n) is 10.6. The number of carbonyl (C=O) groups excluding carboxylic acids is 1. The number of aromatic nitrogens is 4. The number of anilines is 1. The number of thioether (sulfide) groups is 1. The predicted molar refractivity (Wildman–Crippen MR) is 134 cm³/mol. The van der Waals surface area contributed by atoms with Crippen molar-refractivity contribution in [2.75, 3.05) is 24.6 Å². The van der Waals surface area contributed by atoms with Crippen LogP contribution in [0.15, 0.2) is 34.8 Å². The zero-order chi connectivity index (χ0) is 25.8. The van der Waals surface area contributed by atoms with E-state index in [9.17, 15) is 15.0 Å². The maximum absolute atomic E-state index is 12.5. The van der Waals surface area contributed by atoms with E-state index >= 15 is 0 Å². The van der Waals surface area contributed by atoms with Crippen molar-refractivity contribution < 1.29 is 19.7 Å². The molecule has 3 heterocycles. The lowest BCUT2D eigenvalue weighted by Gasteiger charge is -2.19. The number of rotatable bonds is 9. The van der Waals surface area contributed by atoms with Gasteiger partial charge in [-0.1, -0.05) is 46.1 Å². The summed E-state index contributed by atoms with van der Waals surface area (Å²) in [6.07, 6.45) is -2.96. The number of nitrogens with one attached hydrogen (secondary N) is 1. The Morgan fingerprint density at radius 3 is 2.86 bits per heavy atom. The van der Waals surface area contributed by atoms with Crippen molar-refractivity contribution in [2.24, 2.45) is 5.11 Å². The first kappa shape index (κ1) is 26.2. The third-order valence-electron chi connectivity index (χ3n) is 5.44. The van der Waals surface area contributed by atoms with Gasteiger partial charge in [-0.25, -0.2) is 15.0 Å². The van der Waals surface area contributed by atoms with Crippen LogP contribution in [0.5, 0.6) is 0 Å². The number of aliphatic hydroxyl groups excluding tert-OH is 2. The molecule has 13 nitrogen and oxygen atoms in total. The number of nitrogen functional groups attached to an aromatic ring is 1. The molecule has 4 atom stereocenters. The summed E-state index contributed by atoms with van der Waals surface area (Å²) >= 11 is 13.0. The number of imidazole rings is 1. The second-order valence-corrected chi connectivity index (χ2v) is 9.55. The second kappa shape index (κ2) is 11.5. The highest BCUT2D eigenvalue weighted by Crippen LogP contribution is 2.36. The number of fused-ring (bicyclic) bond motifs is 1. The number of amides is 1. The maximum Gasteiger partial charge on any atom is 0.230 e. The molecule has 1 aliphatic heterocycles. The van der Waals surface area contributed by atoms with Gasteiger partial charge in [0.2, 0.25) is 5.91 Å². The quantitative estimate of drug-likeness (QED) is 0.132. The van der Waals surface area contributed by atoms with Gasteiger partial charge in [0.05, 0.1) is 28.4 Å². The molecule has 190 valence electrons. The number of ether oxygens (including phenoxy) is 1. The number of nitrogens with zero attached hydrogens (tertiary/aromatic N) is 7. The fraction of sp³-hybridized carbons (Fsp3) is 0.400. The number of hydrogen-bond donors (Lipinski definition) is 4. The topological polar surface area (TPSA) is 197 Å². The molecule has 1 saturated heterocycles. The zero-order valence-corrected chi connectivity index (χ0v) is 20.9. The van der Waals surface area contributed by atoms with Crippen molar-refractivity contribution in [3.8, 4) is 0 Å². The van der Waals surface area contributed by atoms with Crippen LogP contribution in [0.4, 0.5) is 5.82 Å². The summed E-state index contributed by atoms with van der Waals surface area (Å²) in [7, 11) is 0.